The molecule has 4 rings (SSSR count). The van der Waals surface area contributed by atoms with Crippen molar-refractivity contribution in [3.8, 4) is 5.75 Å². The van der Waals surface area contributed by atoms with Gasteiger partial charge in [-0.3, -0.25) is 4.79 Å². The fourth-order valence-electron chi connectivity index (χ4n) is 3.83. The molecule has 1 amide bonds. The third-order valence-corrected chi connectivity index (χ3v) is 5.51. The molecule has 188 valence electrons. The summed E-state index contributed by atoms with van der Waals surface area (Å²) in [6.45, 7) is 0.191. The van der Waals surface area contributed by atoms with E-state index in [-0.39, 0.29) is 18.7 Å². The lowest BCUT2D eigenvalue weighted by Gasteiger charge is -2.28. The number of alkyl halides is 3. The number of aliphatic carboxylic acids is 1. The number of carboxylic acid groups (broad SMARTS) is 1. The molecular weight excluding hydrogens is 467 g/mol. The molecule has 0 radical (unpaired) electrons. The zero-order chi connectivity index (χ0) is 25.4. The normalized spacial score (nSPS) is 17.8. The molecule has 1 aliphatic rings. The zero-order valence-electron chi connectivity index (χ0n) is 19.0. The highest BCUT2D eigenvalue weighted by atomic mass is 19.4. The summed E-state index contributed by atoms with van der Waals surface area (Å²) in [5, 5.41) is 10.3. The average Bonchev–Trinajstić information content (AvgIpc) is 3.27. The first-order valence-corrected chi connectivity index (χ1v) is 10.9. The van der Waals surface area contributed by atoms with Gasteiger partial charge in [-0.25, -0.2) is 9.78 Å². The van der Waals surface area contributed by atoms with Crippen molar-refractivity contribution in [2.45, 2.75) is 43.8 Å². The summed E-state index contributed by atoms with van der Waals surface area (Å²) in [7, 11) is 1.57. The van der Waals surface area contributed by atoms with Gasteiger partial charge in [0.25, 0.3) is 5.91 Å². The van der Waals surface area contributed by atoms with Crippen LogP contribution in [0.2, 0.25) is 0 Å². The van der Waals surface area contributed by atoms with Gasteiger partial charge >= 0.3 is 12.1 Å². The Morgan fingerprint density at radius 3 is 2.46 bits per heavy atom. The van der Waals surface area contributed by atoms with E-state index in [0.29, 0.717) is 17.2 Å². The van der Waals surface area contributed by atoms with Crippen molar-refractivity contribution in [1.29, 1.82) is 0 Å². The second kappa shape index (κ2) is 11.7. The first-order chi connectivity index (χ1) is 16.7. The first kappa shape index (κ1) is 26.0. The number of rotatable bonds is 6. The smallest absolute Gasteiger partial charge is 0.475 e. The molecule has 0 spiro atoms. The highest BCUT2D eigenvalue weighted by Crippen LogP contribution is 2.32. The lowest BCUT2D eigenvalue weighted by molar-refractivity contribution is -0.192. The van der Waals surface area contributed by atoms with E-state index in [9.17, 15) is 18.0 Å². The summed E-state index contributed by atoms with van der Waals surface area (Å²) in [5.74, 6) is -0.752. The number of aromatic nitrogens is 2. The van der Waals surface area contributed by atoms with Crippen molar-refractivity contribution < 1.29 is 37.3 Å². The first-order valence-electron chi connectivity index (χ1n) is 10.9. The van der Waals surface area contributed by atoms with Crippen molar-refractivity contribution in [1.82, 2.24) is 15.3 Å². The summed E-state index contributed by atoms with van der Waals surface area (Å²) < 4.78 is 42.0. The molecule has 2 atom stereocenters. The number of nitrogens with zero attached hydrogens (tertiary/aromatic N) is 1. The van der Waals surface area contributed by atoms with Crippen molar-refractivity contribution in [3.63, 3.8) is 0 Å². The Balaban J connectivity index is 0.000000429. The molecule has 1 aliphatic carbocycles. The van der Waals surface area contributed by atoms with Crippen molar-refractivity contribution in [2.24, 2.45) is 0 Å². The van der Waals surface area contributed by atoms with Gasteiger partial charge in [-0.2, -0.15) is 13.2 Å². The lowest BCUT2D eigenvalue weighted by atomic mass is 9.85. The molecular formula is C24H26F3N3O5. The molecule has 1 aromatic heterocycles. The number of halogens is 3. The number of carboxylic acids is 1. The number of imidazole rings is 1. The third-order valence-electron chi connectivity index (χ3n) is 5.51. The Morgan fingerprint density at radius 2 is 1.83 bits per heavy atom. The van der Waals surface area contributed by atoms with Gasteiger partial charge in [0.05, 0.1) is 11.0 Å². The Morgan fingerprint density at radius 1 is 1.14 bits per heavy atom. The van der Waals surface area contributed by atoms with Crippen LogP contribution in [0.15, 0.2) is 48.5 Å². The topological polar surface area (TPSA) is 114 Å². The van der Waals surface area contributed by atoms with Crippen molar-refractivity contribution in [2.75, 3.05) is 13.9 Å². The number of benzene rings is 2. The van der Waals surface area contributed by atoms with Crippen molar-refractivity contribution in [3.05, 3.63) is 59.9 Å². The number of hydrogen-bond donors (Lipinski definition) is 3. The maximum Gasteiger partial charge on any atom is 0.490 e. The van der Waals surface area contributed by atoms with E-state index in [1.807, 2.05) is 24.3 Å². The summed E-state index contributed by atoms with van der Waals surface area (Å²) >= 11 is 0. The van der Waals surface area contributed by atoms with Gasteiger partial charge in [0.1, 0.15) is 11.6 Å². The summed E-state index contributed by atoms with van der Waals surface area (Å²) in [6.07, 6.45) is -1.01. The molecule has 3 N–H and O–H groups in total. The Kier molecular flexibility index (Phi) is 8.69. The lowest BCUT2D eigenvalue weighted by Crippen LogP contribution is -2.38. The second-order valence-corrected chi connectivity index (χ2v) is 8.05. The maximum absolute atomic E-state index is 12.6. The molecule has 1 fully saturated rings. The quantitative estimate of drug-likeness (QED) is 0.432. The number of hydrogen-bond acceptors (Lipinski definition) is 5. The van der Waals surface area contributed by atoms with Crippen LogP contribution < -0.4 is 10.1 Å². The molecule has 1 saturated carbocycles. The second-order valence-electron chi connectivity index (χ2n) is 8.05. The van der Waals surface area contributed by atoms with Crippen LogP contribution in [0.25, 0.3) is 11.0 Å². The van der Waals surface area contributed by atoms with Gasteiger partial charge in [-0.05, 0) is 55.7 Å². The predicted octanol–water partition coefficient (Wildman–Crippen LogP) is 4.64. The molecule has 1 heterocycles. The highest BCUT2D eigenvalue weighted by Gasteiger charge is 2.38. The van der Waals surface area contributed by atoms with E-state index < -0.39 is 12.1 Å². The van der Waals surface area contributed by atoms with Gasteiger partial charge in [0, 0.05) is 24.6 Å². The van der Waals surface area contributed by atoms with Crippen LogP contribution in [0.1, 0.15) is 47.8 Å². The number of fused-ring (bicyclic) bond motifs is 1. The molecule has 0 bridgehead atoms. The van der Waals surface area contributed by atoms with Gasteiger partial charge in [-0.1, -0.05) is 18.6 Å². The van der Waals surface area contributed by atoms with E-state index >= 15 is 0 Å². The molecule has 0 saturated heterocycles. The van der Waals surface area contributed by atoms with Crippen LogP contribution in [-0.4, -0.2) is 53.1 Å². The van der Waals surface area contributed by atoms with Gasteiger partial charge in [0.2, 0.25) is 0 Å². The van der Waals surface area contributed by atoms with Crippen molar-refractivity contribution >= 4 is 22.9 Å². The van der Waals surface area contributed by atoms with Gasteiger partial charge in [-0.15, -0.1) is 0 Å². The van der Waals surface area contributed by atoms with Crippen LogP contribution in [0, 0.1) is 0 Å². The van der Waals surface area contributed by atoms with Crippen LogP contribution in [0.4, 0.5) is 13.2 Å². The molecule has 0 aliphatic heterocycles. The predicted molar refractivity (Wildman–Crippen MR) is 121 cm³/mol. The number of ether oxygens (including phenoxy) is 2. The van der Waals surface area contributed by atoms with E-state index in [1.54, 1.807) is 31.4 Å². The fourth-order valence-corrected chi connectivity index (χ4v) is 3.83. The Hall–Kier alpha value is -3.60. The molecule has 35 heavy (non-hydrogen) atoms. The van der Waals surface area contributed by atoms with E-state index in [4.69, 9.17) is 24.4 Å². The zero-order valence-corrected chi connectivity index (χ0v) is 19.0. The summed E-state index contributed by atoms with van der Waals surface area (Å²) in [4.78, 5) is 29.7. The van der Waals surface area contributed by atoms with Crippen LogP contribution in [0.5, 0.6) is 5.75 Å². The van der Waals surface area contributed by atoms with Crippen LogP contribution in [0.3, 0.4) is 0 Å². The average molecular weight is 493 g/mol. The molecule has 3 aromatic rings. The molecule has 11 heteroatoms. The number of nitrogens with one attached hydrogen (secondary N) is 2. The molecule has 2 aromatic carbocycles. The SMILES string of the molecule is COCOc1ccc(C(=O)NC2CCCC(c3nc4ccccc4[nH]3)C2)cc1.O=C(O)C(F)(F)F. The number of carbonyl (C=O) groups excluding carboxylic acids is 1. The number of carbonyl (C=O) groups is 2. The minimum Gasteiger partial charge on any atom is -0.475 e. The maximum atomic E-state index is 12.6. The summed E-state index contributed by atoms with van der Waals surface area (Å²) in [6, 6.07) is 15.4. The largest absolute Gasteiger partial charge is 0.490 e. The van der Waals surface area contributed by atoms with Gasteiger partial charge in [0.15, 0.2) is 6.79 Å². The van der Waals surface area contributed by atoms with Crippen LogP contribution in [-0.2, 0) is 9.53 Å². The van der Waals surface area contributed by atoms with E-state index in [0.717, 1.165) is 42.5 Å². The fraction of sp³-hybridized carbons (Fsp3) is 0.375. The highest BCUT2D eigenvalue weighted by molar-refractivity contribution is 5.94. The van der Waals surface area contributed by atoms with E-state index in [2.05, 4.69) is 10.3 Å². The molecule has 2 unspecified atom stereocenters. The number of aromatic amines is 1. The minimum absolute atomic E-state index is 0.0476. The Bertz CT molecular complexity index is 1100. The number of amides is 1. The number of methoxy groups -OCH3 is 1. The number of H-pyrrole nitrogens is 1. The van der Waals surface area contributed by atoms with Crippen LogP contribution >= 0.6 is 0 Å². The number of para-hydroxylation sites is 2. The minimum atomic E-state index is -5.08. The standard InChI is InChI=1S/C22H25N3O3.C2HF3O2/c1-27-14-28-18-11-9-15(10-12-18)22(26)23-17-6-4-5-16(13-17)21-24-19-7-2-3-8-20(19)25-21;3-2(4,5)1(6)7/h2-3,7-12,16-17H,4-6,13-14H2,1H3,(H,23,26)(H,24,25);(H,6,7). The summed E-state index contributed by atoms with van der Waals surface area (Å²) in [5.41, 5.74) is 2.70. The van der Waals surface area contributed by atoms with E-state index in [1.165, 1.54) is 0 Å². The van der Waals surface area contributed by atoms with Gasteiger partial charge < -0.3 is 24.9 Å². The Labute approximate surface area is 199 Å². The monoisotopic (exact) mass is 493 g/mol. The third kappa shape index (κ3) is 7.44. The molecule has 8 nitrogen and oxygen atoms in total.